The van der Waals surface area contributed by atoms with Gasteiger partial charge in [0.15, 0.2) is 0 Å². The Balaban J connectivity index is 2.56. The summed E-state index contributed by atoms with van der Waals surface area (Å²) in [5.41, 5.74) is 0. The van der Waals surface area contributed by atoms with E-state index in [9.17, 15) is 13.2 Å². The normalized spacial score (nSPS) is 13.2. The van der Waals surface area contributed by atoms with Gasteiger partial charge in [0.2, 0.25) is 5.95 Å². The molecule has 0 aliphatic carbocycles. The molecule has 0 saturated carbocycles. The number of nitrogens with zero attached hydrogens (tertiary/aromatic N) is 2. The average molecular weight is 262 g/mol. The van der Waals surface area contributed by atoms with Crippen molar-refractivity contribution in [3.8, 4) is 0 Å². The fourth-order valence-corrected chi connectivity index (χ4v) is 1.41. The Kier molecular flexibility index (Phi) is 5.18. The van der Waals surface area contributed by atoms with Gasteiger partial charge in [-0.2, -0.15) is 18.2 Å². The number of hydrogen-bond acceptors (Lipinski definition) is 4. The fraction of sp³-hybridized carbons (Fsp3) is 0.636. The monoisotopic (exact) mass is 262 g/mol. The lowest BCUT2D eigenvalue weighted by Gasteiger charge is -2.16. The lowest BCUT2D eigenvalue weighted by atomic mass is 10.2. The van der Waals surface area contributed by atoms with E-state index in [4.69, 9.17) is 0 Å². The third-order valence-corrected chi connectivity index (χ3v) is 2.12. The van der Waals surface area contributed by atoms with Crippen molar-refractivity contribution in [2.75, 3.05) is 17.2 Å². The van der Waals surface area contributed by atoms with Crippen LogP contribution in [0.2, 0.25) is 0 Å². The molecule has 7 heteroatoms. The Morgan fingerprint density at radius 1 is 1.39 bits per heavy atom. The minimum absolute atomic E-state index is 0.389. The second-order valence-corrected chi connectivity index (χ2v) is 4.06. The minimum Gasteiger partial charge on any atom is -0.367 e. The van der Waals surface area contributed by atoms with E-state index >= 15 is 0 Å². The van der Waals surface area contributed by atoms with Crippen molar-refractivity contribution in [2.24, 2.45) is 0 Å². The van der Waals surface area contributed by atoms with Crippen LogP contribution in [0.3, 0.4) is 0 Å². The summed E-state index contributed by atoms with van der Waals surface area (Å²) in [4.78, 5) is 8.05. The van der Waals surface area contributed by atoms with Crippen LogP contribution in [0.1, 0.15) is 26.7 Å². The van der Waals surface area contributed by atoms with Gasteiger partial charge in [-0.15, -0.1) is 0 Å². The van der Waals surface area contributed by atoms with Crippen LogP contribution in [0.5, 0.6) is 0 Å². The fourth-order valence-electron chi connectivity index (χ4n) is 1.41. The summed E-state index contributed by atoms with van der Waals surface area (Å²) in [6.07, 6.45) is -2.64. The second kappa shape index (κ2) is 6.42. The maximum Gasteiger partial charge on any atom is 0.391 e. The molecule has 0 bridgehead atoms. The highest BCUT2D eigenvalue weighted by Crippen LogP contribution is 2.22. The molecule has 0 spiro atoms. The van der Waals surface area contributed by atoms with Crippen molar-refractivity contribution in [2.45, 2.75) is 38.9 Å². The van der Waals surface area contributed by atoms with Crippen molar-refractivity contribution < 1.29 is 13.2 Å². The maximum absolute atomic E-state index is 12.2. The van der Waals surface area contributed by atoms with Crippen LogP contribution in [-0.2, 0) is 0 Å². The second-order valence-electron chi connectivity index (χ2n) is 4.06. The van der Waals surface area contributed by atoms with Crippen molar-refractivity contribution in [1.82, 2.24) is 9.97 Å². The molecule has 2 N–H and O–H groups in total. The van der Waals surface area contributed by atoms with Gasteiger partial charge in [-0.3, -0.25) is 0 Å². The van der Waals surface area contributed by atoms with Gasteiger partial charge in [0.25, 0.3) is 0 Å². The Morgan fingerprint density at radius 2 is 2.11 bits per heavy atom. The van der Waals surface area contributed by atoms with E-state index < -0.39 is 18.6 Å². The van der Waals surface area contributed by atoms with Gasteiger partial charge in [-0.1, -0.05) is 6.92 Å². The summed E-state index contributed by atoms with van der Waals surface area (Å²) in [6, 6.07) is 0.822. The van der Waals surface area contributed by atoms with Crippen LogP contribution in [0.25, 0.3) is 0 Å². The van der Waals surface area contributed by atoms with Crippen molar-refractivity contribution in [3.63, 3.8) is 0 Å². The molecule has 0 radical (unpaired) electrons. The van der Waals surface area contributed by atoms with E-state index in [1.165, 1.54) is 13.1 Å². The predicted molar refractivity (Wildman–Crippen MR) is 64.6 cm³/mol. The molecule has 18 heavy (non-hydrogen) atoms. The highest BCUT2D eigenvalue weighted by Gasteiger charge is 2.30. The van der Waals surface area contributed by atoms with Crippen LogP contribution in [0.4, 0.5) is 24.9 Å². The van der Waals surface area contributed by atoms with Gasteiger partial charge >= 0.3 is 6.18 Å². The molecule has 0 aliphatic rings. The number of halogens is 3. The van der Waals surface area contributed by atoms with E-state index in [-0.39, 0.29) is 0 Å². The molecule has 0 amide bonds. The SMILES string of the molecule is CCCNc1nccc(NC(C)CC(F)(F)F)n1. The third kappa shape index (κ3) is 5.70. The first-order valence-corrected chi connectivity index (χ1v) is 5.81. The summed E-state index contributed by atoms with van der Waals surface area (Å²) in [6.45, 7) is 4.19. The van der Waals surface area contributed by atoms with Gasteiger partial charge in [-0.25, -0.2) is 4.98 Å². The molecule has 1 aromatic heterocycles. The average Bonchev–Trinajstić information content (AvgIpc) is 2.24. The largest absolute Gasteiger partial charge is 0.391 e. The lowest BCUT2D eigenvalue weighted by molar-refractivity contribution is -0.136. The summed E-state index contributed by atoms with van der Waals surface area (Å²) in [5, 5.41) is 5.68. The van der Waals surface area contributed by atoms with Crippen molar-refractivity contribution in [3.05, 3.63) is 12.3 Å². The minimum atomic E-state index is -4.18. The van der Waals surface area contributed by atoms with E-state index in [1.54, 1.807) is 6.07 Å². The van der Waals surface area contributed by atoms with Crippen LogP contribution < -0.4 is 10.6 Å². The first-order chi connectivity index (χ1) is 8.40. The zero-order valence-corrected chi connectivity index (χ0v) is 10.4. The molecule has 4 nitrogen and oxygen atoms in total. The van der Waals surface area contributed by atoms with Gasteiger partial charge in [0.1, 0.15) is 5.82 Å². The quantitative estimate of drug-likeness (QED) is 0.827. The topological polar surface area (TPSA) is 49.8 Å². The number of hydrogen-bond donors (Lipinski definition) is 2. The number of rotatable bonds is 6. The first kappa shape index (κ1) is 14.5. The number of aromatic nitrogens is 2. The number of nitrogens with one attached hydrogen (secondary N) is 2. The van der Waals surface area contributed by atoms with E-state index in [0.29, 0.717) is 11.8 Å². The molecule has 1 atom stereocenters. The summed E-state index contributed by atoms with van der Waals surface area (Å²) in [5.74, 6) is 0.807. The van der Waals surface area contributed by atoms with Gasteiger partial charge < -0.3 is 10.6 Å². The molecule has 0 aromatic carbocycles. The Hall–Kier alpha value is -1.53. The molecule has 0 aliphatic heterocycles. The van der Waals surface area contributed by atoms with Crippen LogP contribution in [0.15, 0.2) is 12.3 Å². The van der Waals surface area contributed by atoms with Crippen LogP contribution in [0, 0.1) is 0 Å². The molecule has 1 unspecified atom stereocenters. The van der Waals surface area contributed by atoms with Gasteiger partial charge in [0.05, 0.1) is 6.42 Å². The van der Waals surface area contributed by atoms with Gasteiger partial charge in [0, 0.05) is 18.8 Å². The first-order valence-electron chi connectivity index (χ1n) is 5.81. The molecular weight excluding hydrogens is 245 g/mol. The van der Waals surface area contributed by atoms with Crippen LogP contribution in [-0.4, -0.2) is 28.7 Å². The zero-order chi connectivity index (χ0) is 13.6. The standard InChI is InChI=1S/C11H17F3N4/c1-3-5-15-10-16-6-4-9(18-10)17-8(2)7-11(12,13)14/h4,6,8H,3,5,7H2,1-2H3,(H2,15,16,17,18). The highest BCUT2D eigenvalue weighted by molar-refractivity contribution is 5.40. The molecule has 1 aromatic rings. The summed E-state index contributed by atoms with van der Waals surface area (Å²) >= 11 is 0. The highest BCUT2D eigenvalue weighted by atomic mass is 19.4. The molecule has 1 heterocycles. The Labute approximate surface area is 104 Å². The molecular formula is C11H17F3N4. The zero-order valence-electron chi connectivity index (χ0n) is 10.4. The lowest BCUT2D eigenvalue weighted by Crippen LogP contribution is -2.24. The number of alkyl halides is 3. The molecule has 0 saturated heterocycles. The maximum atomic E-state index is 12.2. The van der Waals surface area contributed by atoms with E-state index in [1.807, 2.05) is 6.92 Å². The van der Waals surface area contributed by atoms with Crippen molar-refractivity contribution >= 4 is 11.8 Å². The van der Waals surface area contributed by atoms with Crippen molar-refractivity contribution in [1.29, 1.82) is 0 Å². The van der Waals surface area contributed by atoms with E-state index in [2.05, 4.69) is 20.6 Å². The Bertz CT molecular complexity index is 368. The van der Waals surface area contributed by atoms with E-state index in [0.717, 1.165) is 13.0 Å². The molecule has 0 fully saturated rings. The predicted octanol–water partition coefficient (Wildman–Crippen LogP) is 3.05. The molecule has 102 valence electrons. The smallest absolute Gasteiger partial charge is 0.367 e. The summed E-state index contributed by atoms with van der Waals surface area (Å²) < 4.78 is 36.5. The van der Waals surface area contributed by atoms with Gasteiger partial charge in [-0.05, 0) is 19.4 Å². The summed E-state index contributed by atoms with van der Waals surface area (Å²) in [7, 11) is 0. The Morgan fingerprint density at radius 3 is 2.72 bits per heavy atom. The third-order valence-electron chi connectivity index (χ3n) is 2.12. The van der Waals surface area contributed by atoms with Crippen LogP contribution >= 0.6 is 0 Å². The molecule has 1 rings (SSSR count). The number of anilines is 2.